The van der Waals surface area contributed by atoms with E-state index in [0.29, 0.717) is 5.92 Å². The molecule has 5 heteroatoms. The molecule has 0 radical (unpaired) electrons. The van der Waals surface area contributed by atoms with Gasteiger partial charge in [0, 0.05) is 11.7 Å². The van der Waals surface area contributed by atoms with Crippen LogP contribution in [0.1, 0.15) is 31.9 Å². The van der Waals surface area contributed by atoms with E-state index >= 15 is 0 Å². The maximum Gasteiger partial charge on any atom is 0.238 e. The van der Waals surface area contributed by atoms with Crippen LogP contribution in [-0.2, 0) is 9.59 Å². The number of hydrogen-bond donors (Lipinski definition) is 2. The zero-order chi connectivity index (χ0) is 17.6. The number of carbonyl (C=O) groups is 2. The topological polar surface area (TPSA) is 61.4 Å². The van der Waals surface area contributed by atoms with Crippen molar-refractivity contribution in [2.45, 2.75) is 40.7 Å². The number of nitrogens with one attached hydrogen (secondary N) is 2. The summed E-state index contributed by atoms with van der Waals surface area (Å²) in [5, 5.41) is 5.84. The van der Waals surface area contributed by atoms with Gasteiger partial charge in [-0.2, -0.15) is 0 Å². The van der Waals surface area contributed by atoms with Gasteiger partial charge in [0.1, 0.15) is 0 Å². The van der Waals surface area contributed by atoms with Crippen molar-refractivity contribution >= 4 is 17.5 Å². The fraction of sp³-hybridized carbons (Fsp3) is 0.556. The van der Waals surface area contributed by atoms with Crippen LogP contribution in [-0.4, -0.2) is 42.9 Å². The van der Waals surface area contributed by atoms with Crippen molar-refractivity contribution in [1.82, 2.24) is 10.2 Å². The number of aryl methyl sites for hydroxylation is 1. The molecule has 1 aromatic carbocycles. The largest absolute Gasteiger partial charge is 0.352 e. The Morgan fingerprint density at radius 1 is 1.09 bits per heavy atom. The van der Waals surface area contributed by atoms with Crippen molar-refractivity contribution in [3.05, 3.63) is 29.3 Å². The summed E-state index contributed by atoms with van der Waals surface area (Å²) in [6.45, 7) is 10.5. The molecule has 0 saturated heterocycles. The lowest BCUT2D eigenvalue weighted by molar-refractivity contribution is -0.123. The third-order valence-electron chi connectivity index (χ3n) is 4.09. The van der Waals surface area contributed by atoms with Gasteiger partial charge in [-0.1, -0.05) is 26.0 Å². The second-order valence-electron chi connectivity index (χ2n) is 6.57. The lowest BCUT2D eigenvalue weighted by atomic mass is 10.1. The molecule has 2 amide bonds. The molecule has 0 fully saturated rings. The monoisotopic (exact) mass is 319 g/mol. The van der Waals surface area contributed by atoms with E-state index in [1.807, 2.05) is 39.0 Å². The predicted molar refractivity (Wildman–Crippen MR) is 94.5 cm³/mol. The molecule has 23 heavy (non-hydrogen) atoms. The third-order valence-corrected chi connectivity index (χ3v) is 4.09. The van der Waals surface area contributed by atoms with Crippen LogP contribution in [0, 0.1) is 19.8 Å². The minimum atomic E-state index is -0.120. The fourth-order valence-corrected chi connectivity index (χ4v) is 2.09. The van der Waals surface area contributed by atoms with Crippen LogP contribution in [0.3, 0.4) is 0 Å². The van der Waals surface area contributed by atoms with Gasteiger partial charge in [0.2, 0.25) is 11.8 Å². The van der Waals surface area contributed by atoms with Gasteiger partial charge in [-0.05, 0) is 50.9 Å². The molecule has 0 aliphatic carbocycles. The van der Waals surface area contributed by atoms with E-state index in [-0.39, 0.29) is 30.9 Å². The standard InChI is InChI=1S/C18H29N3O2/c1-12(2)15(5)19-17(22)10-21(6)11-18(23)20-16-9-7-8-13(3)14(16)4/h7-9,12,15H,10-11H2,1-6H3,(H,19,22)(H,20,23). The molecule has 5 nitrogen and oxygen atoms in total. The Balaban J connectivity index is 2.47. The van der Waals surface area contributed by atoms with E-state index in [0.717, 1.165) is 16.8 Å². The Labute approximate surface area is 139 Å². The van der Waals surface area contributed by atoms with Gasteiger partial charge in [0.05, 0.1) is 13.1 Å². The Kier molecular flexibility index (Phi) is 7.23. The first kappa shape index (κ1) is 19.2. The molecule has 0 aliphatic rings. The highest BCUT2D eigenvalue weighted by atomic mass is 16.2. The summed E-state index contributed by atoms with van der Waals surface area (Å²) in [6, 6.07) is 5.94. The van der Waals surface area contributed by atoms with E-state index < -0.39 is 0 Å². The maximum absolute atomic E-state index is 12.1. The quantitative estimate of drug-likeness (QED) is 0.811. The Morgan fingerprint density at radius 2 is 1.70 bits per heavy atom. The van der Waals surface area contributed by atoms with E-state index in [2.05, 4.69) is 24.5 Å². The summed E-state index contributed by atoms with van der Waals surface area (Å²) >= 11 is 0. The van der Waals surface area contributed by atoms with Crippen molar-refractivity contribution in [1.29, 1.82) is 0 Å². The molecule has 0 saturated carbocycles. The summed E-state index contributed by atoms with van der Waals surface area (Å²) in [4.78, 5) is 25.7. The van der Waals surface area contributed by atoms with E-state index in [4.69, 9.17) is 0 Å². The van der Waals surface area contributed by atoms with Gasteiger partial charge in [-0.25, -0.2) is 0 Å². The van der Waals surface area contributed by atoms with Crippen LogP contribution in [0.5, 0.6) is 0 Å². The lowest BCUT2D eigenvalue weighted by Crippen LogP contribution is -2.43. The van der Waals surface area contributed by atoms with Crippen LogP contribution in [0.4, 0.5) is 5.69 Å². The Morgan fingerprint density at radius 3 is 2.30 bits per heavy atom. The number of benzene rings is 1. The van der Waals surface area contributed by atoms with Gasteiger partial charge in [0.25, 0.3) is 0 Å². The van der Waals surface area contributed by atoms with Crippen molar-refractivity contribution in [3.8, 4) is 0 Å². The molecule has 1 atom stereocenters. The molecule has 0 aliphatic heterocycles. The van der Waals surface area contributed by atoms with Crippen LogP contribution in [0.25, 0.3) is 0 Å². The SMILES string of the molecule is Cc1cccc(NC(=O)CN(C)CC(=O)NC(C)C(C)C)c1C. The summed E-state index contributed by atoms with van der Waals surface area (Å²) in [5.74, 6) is 0.205. The second-order valence-corrected chi connectivity index (χ2v) is 6.57. The van der Waals surface area contributed by atoms with E-state index in [9.17, 15) is 9.59 Å². The number of rotatable bonds is 7. The van der Waals surface area contributed by atoms with Gasteiger partial charge >= 0.3 is 0 Å². The highest BCUT2D eigenvalue weighted by molar-refractivity contribution is 5.93. The molecule has 128 valence electrons. The second kappa shape index (κ2) is 8.67. The van der Waals surface area contributed by atoms with Crippen molar-refractivity contribution in [2.75, 3.05) is 25.5 Å². The Bertz CT molecular complexity index is 555. The summed E-state index contributed by atoms with van der Waals surface area (Å²) in [6.07, 6.45) is 0. The van der Waals surface area contributed by atoms with Gasteiger partial charge in [-0.3, -0.25) is 14.5 Å². The highest BCUT2D eigenvalue weighted by Crippen LogP contribution is 2.17. The molecular weight excluding hydrogens is 290 g/mol. The molecule has 1 aromatic rings. The molecule has 0 heterocycles. The summed E-state index contributed by atoms with van der Waals surface area (Å²) in [7, 11) is 1.77. The first-order valence-electron chi connectivity index (χ1n) is 8.04. The molecule has 1 unspecified atom stereocenters. The molecule has 0 spiro atoms. The highest BCUT2D eigenvalue weighted by Gasteiger charge is 2.14. The maximum atomic E-state index is 12.1. The van der Waals surface area contributed by atoms with E-state index in [1.165, 1.54) is 0 Å². The van der Waals surface area contributed by atoms with Crippen molar-refractivity contribution in [2.24, 2.45) is 5.92 Å². The lowest BCUT2D eigenvalue weighted by Gasteiger charge is -2.21. The zero-order valence-electron chi connectivity index (χ0n) is 15.1. The van der Waals surface area contributed by atoms with Crippen LogP contribution in [0.15, 0.2) is 18.2 Å². The number of amides is 2. The first-order valence-corrected chi connectivity index (χ1v) is 8.04. The predicted octanol–water partition coefficient (Wildman–Crippen LogP) is 2.33. The number of nitrogens with zero attached hydrogens (tertiary/aromatic N) is 1. The Hall–Kier alpha value is -1.88. The molecule has 0 aromatic heterocycles. The number of carbonyl (C=O) groups excluding carboxylic acids is 2. The molecule has 0 bridgehead atoms. The van der Waals surface area contributed by atoms with Gasteiger partial charge in [0.15, 0.2) is 0 Å². The van der Waals surface area contributed by atoms with Gasteiger partial charge in [-0.15, -0.1) is 0 Å². The molecule has 2 N–H and O–H groups in total. The van der Waals surface area contributed by atoms with E-state index in [1.54, 1.807) is 11.9 Å². The number of hydrogen-bond acceptors (Lipinski definition) is 3. The smallest absolute Gasteiger partial charge is 0.238 e. The minimum Gasteiger partial charge on any atom is -0.352 e. The number of likely N-dealkylation sites (N-methyl/N-ethyl adjacent to an activating group) is 1. The van der Waals surface area contributed by atoms with Crippen molar-refractivity contribution in [3.63, 3.8) is 0 Å². The fourth-order valence-electron chi connectivity index (χ4n) is 2.09. The first-order chi connectivity index (χ1) is 10.7. The summed E-state index contributed by atoms with van der Waals surface area (Å²) < 4.78 is 0. The average Bonchev–Trinajstić information content (AvgIpc) is 2.43. The summed E-state index contributed by atoms with van der Waals surface area (Å²) in [5.41, 5.74) is 3.02. The van der Waals surface area contributed by atoms with Crippen LogP contribution < -0.4 is 10.6 Å². The third kappa shape index (κ3) is 6.40. The molecule has 1 rings (SSSR count). The zero-order valence-corrected chi connectivity index (χ0v) is 15.1. The number of anilines is 1. The normalized spacial score (nSPS) is 12.3. The minimum absolute atomic E-state index is 0.0618. The van der Waals surface area contributed by atoms with Gasteiger partial charge < -0.3 is 10.6 Å². The van der Waals surface area contributed by atoms with Crippen LogP contribution >= 0.6 is 0 Å². The van der Waals surface area contributed by atoms with Crippen LogP contribution in [0.2, 0.25) is 0 Å². The average molecular weight is 319 g/mol. The van der Waals surface area contributed by atoms with Crippen molar-refractivity contribution < 1.29 is 9.59 Å². The molecular formula is C18H29N3O2.